The third-order valence-electron chi connectivity index (χ3n) is 9.01. The molecule has 6 rings (SSSR count). The summed E-state index contributed by atoms with van der Waals surface area (Å²) in [7, 11) is 2.19. The molecule has 0 radical (unpaired) electrons. The van der Waals surface area contributed by atoms with Crippen LogP contribution in [0.2, 0.25) is 0 Å². The van der Waals surface area contributed by atoms with Crippen molar-refractivity contribution in [3.05, 3.63) is 71.4 Å². The van der Waals surface area contributed by atoms with Gasteiger partial charge in [-0.05, 0) is 62.7 Å². The molecule has 3 aliphatic rings. The van der Waals surface area contributed by atoms with Crippen molar-refractivity contribution in [1.82, 2.24) is 24.7 Å². The Balaban J connectivity index is 1.19. The van der Waals surface area contributed by atoms with Crippen LogP contribution in [0, 0.1) is 0 Å². The highest BCUT2D eigenvalue weighted by Gasteiger charge is 2.25. The van der Waals surface area contributed by atoms with E-state index in [-0.39, 0.29) is 6.61 Å². The number of piperazine rings is 1. The smallest absolute Gasteiger partial charge is 0.161 e. The lowest BCUT2D eigenvalue weighted by molar-refractivity contribution is 0.158. The van der Waals surface area contributed by atoms with Crippen molar-refractivity contribution in [2.45, 2.75) is 44.8 Å². The lowest BCUT2D eigenvalue weighted by Crippen LogP contribution is -2.44. The van der Waals surface area contributed by atoms with Gasteiger partial charge in [0.05, 0.1) is 12.3 Å². The molecule has 0 saturated carbocycles. The minimum absolute atomic E-state index is 0.265. The summed E-state index contributed by atoms with van der Waals surface area (Å²) in [5, 5.41) is 13.4. The summed E-state index contributed by atoms with van der Waals surface area (Å²) in [5.74, 6) is 1.79. The fourth-order valence-corrected chi connectivity index (χ4v) is 6.49. The van der Waals surface area contributed by atoms with Crippen LogP contribution in [0.15, 0.2) is 54.6 Å². The molecular weight excluding hydrogens is 510 g/mol. The summed E-state index contributed by atoms with van der Waals surface area (Å²) in [6, 6.07) is 19.9. The second kappa shape index (κ2) is 13.3. The summed E-state index contributed by atoms with van der Waals surface area (Å²) < 4.78 is 0. The maximum absolute atomic E-state index is 9.69. The largest absolute Gasteiger partial charge is 0.395 e. The molecule has 3 aromatic rings. The van der Waals surface area contributed by atoms with E-state index in [9.17, 15) is 5.11 Å². The van der Waals surface area contributed by atoms with E-state index in [1.54, 1.807) is 0 Å². The molecule has 218 valence electrons. The van der Waals surface area contributed by atoms with Gasteiger partial charge in [-0.1, -0.05) is 30.3 Å². The average molecular weight is 556 g/mol. The number of nitrogens with one attached hydrogen (secondary N) is 1. The number of aliphatic hydroxyl groups is 1. The second-order valence-corrected chi connectivity index (χ2v) is 11.9. The zero-order valence-electron chi connectivity index (χ0n) is 24.5. The van der Waals surface area contributed by atoms with E-state index in [1.807, 2.05) is 0 Å². The van der Waals surface area contributed by atoms with Crippen LogP contribution in [-0.2, 0) is 19.5 Å². The molecule has 0 spiro atoms. The number of likely N-dealkylation sites (N-methyl/N-ethyl adjacent to an activating group) is 1. The van der Waals surface area contributed by atoms with Gasteiger partial charge in [-0.25, -0.2) is 9.97 Å². The highest BCUT2D eigenvalue weighted by molar-refractivity contribution is 5.63. The number of rotatable bonds is 10. The molecule has 1 aromatic heterocycles. The molecule has 1 atom stereocenters. The first-order valence-corrected chi connectivity index (χ1v) is 15.4. The predicted molar refractivity (Wildman–Crippen MR) is 166 cm³/mol. The Kier molecular flexibility index (Phi) is 9.11. The van der Waals surface area contributed by atoms with E-state index in [0.717, 1.165) is 102 Å². The van der Waals surface area contributed by atoms with E-state index in [2.05, 4.69) is 86.6 Å². The highest BCUT2D eigenvalue weighted by atomic mass is 16.3. The number of fused-ring (bicyclic) bond motifs is 1. The molecule has 3 aliphatic heterocycles. The zero-order valence-corrected chi connectivity index (χ0v) is 24.5. The number of hydrogen-bond donors (Lipinski definition) is 2. The summed E-state index contributed by atoms with van der Waals surface area (Å²) >= 11 is 0. The molecule has 8 nitrogen and oxygen atoms in total. The quantitative estimate of drug-likeness (QED) is 0.367. The number of aromatic nitrogens is 2. The Morgan fingerprint density at radius 3 is 2.51 bits per heavy atom. The SMILES string of the molecule is CN1CCN(c2ccc(-c3nc4c(c(NCCCN5CCC[C@@H]5CO)n3)CN(Cc3ccccc3)CC4)cc2)CC1. The van der Waals surface area contributed by atoms with Gasteiger partial charge in [0.1, 0.15) is 5.82 Å². The average Bonchev–Trinajstić information content (AvgIpc) is 3.48. The first-order valence-electron chi connectivity index (χ1n) is 15.4. The van der Waals surface area contributed by atoms with Gasteiger partial charge >= 0.3 is 0 Å². The van der Waals surface area contributed by atoms with Crippen molar-refractivity contribution >= 4 is 11.5 Å². The third-order valence-corrected chi connectivity index (χ3v) is 9.01. The Hall–Kier alpha value is -3.04. The Morgan fingerprint density at radius 2 is 1.73 bits per heavy atom. The first-order chi connectivity index (χ1) is 20.2. The maximum Gasteiger partial charge on any atom is 0.161 e. The van der Waals surface area contributed by atoms with E-state index in [4.69, 9.17) is 9.97 Å². The molecule has 0 amide bonds. The minimum atomic E-state index is 0.265. The van der Waals surface area contributed by atoms with Crippen molar-refractivity contribution in [2.75, 3.05) is 76.2 Å². The molecule has 4 heterocycles. The fourth-order valence-electron chi connectivity index (χ4n) is 6.49. The highest BCUT2D eigenvalue weighted by Crippen LogP contribution is 2.29. The van der Waals surface area contributed by atoms with Gasteiger partial charge in [0.25, 0.3) is 0 Å². The molecule has 41 heavy (non-hydrogen) atoms. The van der Waals surface area contributed by atoms with Crippen molar-refractivity contribution in [2.24, 2.45) is 0 Å². The van der Waals surface area contributed by atoms with Crippen LogP contribution in [-0.4, -0.2) is 102 Å². The standard InChI is InChI=1S/C33H45N7O/c1-37-19-21-40(22-20-37)28-12-10-27(11-13-28)32-35-31-14-18-38(23-26-7-3-2-4-8-26)24-30(31)33(36-32)34-15-6-17-39-16-5-9-29(39)25-41/h2-4,7-8,10-13,29,41H,5-6,9,14-25H2,1H3,(H,34,35,36)/t29-/m1/s1. The van der Waals surface area contributed by atoms with Crippen molar-refractivity contribution in [3.63, 3.8) is 0 Å². The Bertz CT molecular complexity index is 1260. The lowest BCUT2D eigenvalue weighted by Gasteiger charge is -2.34. The minimum Gasteiger partial charge on any atom is -0.395 e. The molecule has 2 fully saturated rings. The van der Waals surface area contributed by atoms with Crippen LogP contribution < -0.4 is 10.2 Å². The van der Waals surface area contributed by atoms with Crippen LogP contribution in [0.4, 0.5) is 11.5 Å². The van der Waals surface area contributed by atoms with Crippen molar-refractivity contribution in [1.29, 1.82) is 0 Å². The van der Waals surface area contributed by atoms with Crippen LogP contribution in [0.5, 0.6) is 0 Å². The van der Waals surface area contributed by atoms with Gasteiger partial charge in [0, 0.05) is 88.2 Å². The summed E-state index contributed by atoms with van der Waals surface area (Å²) in [6.07, 6.45) is 4.25. The van der Waals surface area contributed by atoms with Gasteiger partial charge in [-0.3, -0.25) is 9.80 Å². The number of likely N-dealkylation sites (tertiary alicyclic amines) is 1. The van der Waals surface area contributed by atoms with Gasteiger partial charge in [0.2, 0.25) is 0 Å². The molecular formula is C33H45N7O. The number of nitrogens with zero attached hydrogens (tertiary/aromatic N) is 6. The number of benzene rings is 2. The molecule has 2 saturated heterocycles. The topological polar surface area (TPSA) is 71.0 Å². The Labute approximate surface area is 245 Å². The molecule has 0 aliphatic carbocycles. The second-order valence-electron chi connectivity index (χ2n) is 11.9. The monoisotopic (exact) mass is 555 g/mol. The molecule has 0 bridgehead atoms. The first kappa shape index (κ1) is 28.1. The molecule has 2 N–H and O–H groups in total. The van der Waals surface area contributed by atoms with E-state index < -0.39 is 0 Å². The van der Waals surface area contributed by atoms with Crippen molar-refractivity contribution in [3.8, 4) is 11.4 Å². The number of anilines is 2. The summed E-state index contributed by atoms with van der Waals surface area (Å²) in [6.45, 7) is 10.3. The van der Waals surface area contributed by atoms with Crippen molar-refractivity contribution < 1.29 is 5.11 Å². The fraction of sp³-hybridized carbons (Fsp3) is 0.515. The zero-order chi connectivity index (χ0) is 28.0. The summed E-state index contributed by atoms with van der Waals surface area (Å²) in [5.41, 5.74) is 6.10. The third kappa shape index (κ3) is 6.89. The van der Waals surface area contributed by atoms with Gasteiger partial charge in [0.15, 0.2) is 5.82 Å². The van der Waals surface area contributed by atoms with Gasteiger partial charge in [-0.2, -0.15) is 0 Å². The van der Waals surface area contributed by atoms with Crippen LogP contribution in [0.3, 0.4) is 0 Å². The van der Waals surface area contributed by atoms with Crippen LogP contribution >= 0.6 is 0 Å². The molecule has 8 heteroatoms. The molecule has 0 unspecified atom stereocenters. The number of aliphatic hydroxyl groups excluding tert-OH is 1. The predicted octanol–water partition coefficient (Wildman–Crippen LogP) is 3.71. The number of hydrogen-bond acceptors (Lipinski definition) is 8. The molecule has 2 aromatic carbocycles. The Morgan fingerprint density at radius 1 is 0.927 bits per heavy atom. The van der Waals surface area contributed by atoms with Gasteiger partial charge < -0.3 is 20.2 Å². The lowest BCUT2D eigenvalue weighted by atomic mass is 10.0. The van der Waals surface area contributed by atoms with Crippen LogP contribution in [0.1, 0.15) is 36.1 Å². The van der Waals surface area contributed by atoms with Gasteiger partial charge in [-0.15, -0.1) is 0 Å². The summed E-state index contributed by atoms with van der Waals surface area (Å²) in [4.78, 5) is 20.0. The van der Waals surface area contributed by atoms with E-state index >= 15 is 0 Å². The normalized spacial score (nSPS) is 20.3. The van der Waals surface area contributed by atoms with E-state index in [0.29, 0.717) is 6.04 Å². The van der Waals surface area contributed by atoms with Crippen LogP contribution in [0.25, 0.3) is 11.4 Å². The maximum atomic E-state index is 9.69. The van der Waals surface area contributed by atoms with E-state index in [1.165, 1.54) is 28.9 Å².